The molecule has 5 N–H and O–H groups in total. The van der Waals surface area contributed by atoms with E-state index >= 15 is 0 Å². The van der Waals surface area contributed by atoms with Crippen molar-refractivity contribution in [1.82, 2.24) is 15.3 Å². The molecule has 0 saturated heterocycles. The zero-order valence-electron chi connectivity index (χ0n) is 23.8. The lowest BCUT2D eigenvalue weighted by atomic mass is 9.85. The SMILES string of the molecule is COc1cc(C(O)C(O)C(=O)O)c2ncc3c(c2c1)N(C[C@H]1CC[C@H](NCc2ccc4c(n2)NC(=O)CO4)CC1)CCO3. The predicted molar refractivity (Wildman–Crippen MR) is 156 cm³/mol. The van der Waals surface area contributed by atoms with Crippen molar-refractivity contribution in [2.24, 2.45) is 5.92 Å². The molecule has 0 radical (unpaired) electrons. The number of carboxylic acid groups (broad SMARTS) is 1. The van der Waals surface area contributed by atoms with Gasteiger partial charge in [-0.1, -0.05) is 0 Å². The van der Waals surface area contributed by atoms with Crippen LogP contribution in [0.5, 0.6) is 17.2 Å². The van der Waals surface area contributed by atoms with Crippen molar-refractivity contribution in [2.75, 3.05) is 43.6 Å². The Hall–Kier alpha value is -4.20. The number of carboxylic acids is 1. The molecule has 1 aromatic carbocycles. The van der Waals surface area contributed by atoms with Gasteiger partial charge in [0.05, 0.1) is 36.7 Å². The van der Waals surface area contributed by atoms with Crippen LogP contribution >= 0.6 is 0 Å². The average molecular weight is 594 g/mol. The highest BCUT2D eigenvalue weighted by Crippen LogP contribution is 2.42. The smallest absolute Gasteiger partial charge is 0.335 e. The van der Waals surface area contributed by atoms with Gasteiger partial charge >= 0.3 is 5.97 Å². The molecule has 1 saturated carbocycles. The first-order valence-electron chi connectivity index (χ1n) is 14.4. The van der Waals surface area contributed by atoms with Crippen LogP contribution in [0.25, 0.3) is 10.9 Å². The Morgan fingerprint density at radius 3 is 2.77 bits per heavy atom. The maximum atomic E-state index is 11.6. The van der Waals surface area contributed by atoms with E-state index in [4.69, 9.17) is 14.2 Å². The first kappa shape index (κ1) is 28.9. The molecular formula is C30H35N5O8. The molecule has 0 spiro atoms. The second kappa shape index (κ2) is 12.2. The maximum absolute atomic E-state index is 11.6. The van der Waals surface area contributed by atoms with Gasteiger partial charge in [0.25, 0.3) is 5.91 Å². The summed E-state index contributed by atoms with van der Waals surface area (Å²) in [6, 6.07) is 7.41. The van der Waals surface area contributed by atoms with Gasteiger partial charge in [-0.2, -0.15) is 0 Å². The lowest BCUT2D eigenvalue weighted by Crippen LogP contribution is -2.40. The number of hydrogen-bond donors (Lipinski definition) is 5. The molecule has 13 heteroatoms. The van der Waals surface area contributed by atoms with Crippen molar-refractivity contribution >= 4 is 34.3 Å². The quantitative estimate of drug-likeness (QED) is 0.244. The van der Waals surface area contributed by atoms with Crippen LogP contribution in [0.2, 0.25) is 0 Å². The molecule has 1 amide bonds. The number of ether oxygens (including phenoxy) is 3. The lowest BCUT2D eigenvalue weighted by molar-refractivity contribution is -0.153. The molecule has 2 unspecified atom stereocenters. The van der Waals surface area contributed by atoms with E-state index in [-0.39, 0.29) is 18.1 Å². The van der Waals surface area contributed by atoms with Gasteiger partial charge < -0.3 is 45.1 Å². The number of nitrogens with zero attached hydrogens (tertiary/aromatic N) is 3. The van der Waals surface area contributed by atoms with Gasteiger partial charge in [0.1, 0.15) is 18.5 Å². The fraction of sp³-hybridized carbons (Fsp3) is 0.467. The van der Waals surface area contributed by atoms with E-state index in [2.05, 4.69) is 25.5 Å². The summed E-state index contributed by atoms with van der Waals surface area (Å²) in [4.78, 5) is 34.3. The molecule has 1 aliphatic carbocycles. The van der Waals surface area contributed by atoms with E-state index in [9.17, 15) is 24.9 Å². The summed E-state index contributed by atoms with van der Waals surface area (Å²) in [7, 11) is 1.49. The van der Waals surface area contributed by atoms with Gasteiger partial charge in [0, 0.05) is 30.1 Å². The summed E-state index contributed by atoms with van der Waals surface area (Å²) in [6.07, 6.45) is 1.99. The molecule has 2 atom stereocenters. The van der Waals surface area contributed by atoms with Crippen molar-refractivity contribution in [2.45, 2.75) is 50.5 Å². The van der Waals surface area contributed by atoms with Crippen molar-refractivity contribution in [3.05, 3.63) is 41.7 Å². The molecule has 6 rings (SSSR count). The van der Waals surface area contributed by atoms with Gasteiger partial charge in [0.2, 0.25) is 0 Å². The monoisotopic (exact) mass is 593 g/mol. The van der Waals surface area contributed by atoms with E-state index in [1.54, 1.807) is 12.3 Å². The number of aromatic nitrogens is 2. The van der Waals surface area contributed by atoms with Crippen LogP contribution in [0.15, 0.2) is 30.5 Å². The maximum Gasteiger partial charge on any atom is 0.335 e. The summed E-state index contributed by atoms with van der Waals surface area (Å²) in [5.41, 5.74) is 2.22. The molecule has 2 aliphatic heterocycles. The van der Waals surface area contributed by atoms with E-state index in [1.165, 1.54) is 13.2 Å². The minimum atomic E-state index is -2.01. The largest absolute Gasteiger partial charge is 0.497 e. The van der Waals surface area contributed by atoms with Crippen LogP contribution in [-0.4, -0.2) is 82.7 Å². The van der Waals surface area contributed by atoms with Crippen LogP contribution < -0.4 is 29.7 Å². The van der Waals surface area contributed by atoms with E-state index in [0.29, 0.717) is 65.6 Å². The predicted octanol–water partition coefficient (Wildman–Crippen LogP) is 2.00. The number of aliphatic hydroxyl groups is 2. The van der Waals surface area contributed by atoms with E-state index in [0.717, 1.165) is 43.6 Å². The highest BCUT2D eigenvalue weighted by Gasteiger charge is 2.31. The van der Waals surface area contributed by atoms with Gasteiger partial charge in [-0.25, -0.2) is 9.78 Å². The number of amides is 1. The molecule has 3 aromatic rings. The lowest BCUT2D eigenvalue weighted by Gasteiger charge is -2.37. The number of aliphatic hydroxyl groups excluding tert-OH is 2. The molecule has 0 bridgehead atoms. The van der Waals surface area contributed by atoms with Crippen molar-refractivity contribution in [3.63, 3.8) is 0 Å². The van der Waals surface area contributed by atoms with Crippen LogP contribution in [0.1, 0.15) is 43.0 Å². The third kappa shape index (κ3) is 6.01. The van der Waals surface area contributed by atoms with Crippen LogP contribution in [0, 0.1) is 5.92 Å². The number of benzene rings is 1. The molecule has 2 aromatic heterocycles. The second-order valence-corrected chi connectivity index (χ2v) is 11.2. The highest BCUT2D eigenvalue weighted by atomic mass is 16.5. The highest BCUT2D eigenvalue weighted by molar-refractivity contribution is 5.98. The summed E-state index contributed by atoms with van der Waals surface area (Å²) in [6.45, 7) is 2.59. The minimum absolute atomic E-state index is 0.00789. The number of nitrogens with one attached hydrogen (secondary N) is 2. The molecular weight excluding hydrogens is 558 g/mol. The Morgan fingerprint density at radius 2 is 2.00 bits per heavy atom. The van der Waals surface area contributed by atoms with Gasteiger partial charge in [-0.3, -0.25) is 9.78 Å². The number of rotatable bonds is 9. The molecule has 13 nitrogen and oxygen atoms in total. The second-order valence-electron chi connectivity index (χ2n) is 11.2. The minimum Gasteiger partial charge on any atom is -0.497 e. The normalized spacial score (nSPS) is 21.1. The summed E-state index contributed by atoms with van der Waals surface area (Å²) >= 11 is 0. The zero-order chi connectivity index (χ0) is 30.1. The number of anilines is 2. The zero-order valence-corrected chi connectivity index (χ0v) is 23.8. The number of carbonyl (C=O) groups excluding carboxylic acids is 1. The number of pyridine rings is 2. The Balaban J connectivity index is 1.14. The third-order valence-corrected chi connectivity index (χ3v) is 8.38. The van der Waals surface area contributed by atoms with E-state index < -0.39 is 18.2 Å². The summed E-state index contributed by atoms with van der Waals surface area (Å²) in [5, 5.41) is 37.1. The number of carbonyl (C=O) groups is 2. The molecule has 1 fully saturated rings. The Morgan fingerprint density at radius 1 is 1.19 bits per heavy atom. The molecule has 43 heavy (non-hydrogen) atoms. The number of aliphatic carboxylic acids is 1. The van der Waals surface area contributed by atoms with Crippen LogP contribution in [-0.2, 0) is 16.1 Å². The van der Waals surface area contributed by atoms with Crippen LogP contribution in [0.3, 0.4) is 0 Å². The third-order valence-electron chi connectivity index (χ3n) is 8.38. The average Bonchev–Trinajstić information content (AvgIpc) is 3.02. The fourth-order valence-electron chi connectivity index (χ4n) is 6.12. The first-order chi connectivity index (χ1) is 20.8. The van der Waals surface area contributed by atoms with E-state index in [1.807, 2.05) is 12.1 Å². The molecule has 228 valence electrons. The molecule has 4 heterocycles. The van der Waals surface area contributed by atoms with Gasteiger partial charge in [-0.05, 0) is 55.9 Å². The van der Waals surface area contributed by atoms with Crippen molar-refractivity contribution in [3.8, 4) is 17.2 Å². The fourth-order valence-corrected chi connectivity index (χ4v) is 6.12. The van der Waals surface area contributed by atoms with Gasteiger partial charge in [-0.15, -0.1) is 0 Å². The topological polar surface area (TPSA) is 176 Å². The van der Waals surface area contributed by atoms with Crippen molar-refractivity contribution in [1.29, 1.82) is 0 Å². The standard InChI is InChI=1S/C30H35N5O8/c1-41-19-10-20-25(21(11-19)27(37)28(38)30(39)40)32-13-23-26(20)35(8-9-42-23)14-16-2-4-17(5-3-16)31-12-18-6-7-22-29(33-18)34-24(36)15-43-22/h6-7,10-11,13,16-17,27-28,31,37-38H,2-5,8-9,12,14-15H2,1H3,(H,39,40)(H,33,34,36)/t16-,17-,27?,28?. The Labute approximate surface area is 247 Å². The van der Waals surface area contributed by atoms with Gasteiger partial charge in [0.15, 0.2) is 30.0 Å². The Kier molecular flexibility index (Phi) is 8.19. The number of fused-ring (bicyclic) bond motifs is 4. The molecule has 3 aliphatic rings. The van der Waals surface area contributed by atoms with Crippen molar-refractivity contribution < 1.29 is 39.1 Å². The summed E-state index contributed by atoms with van der Waals surface area (Å²) in [5.74, 6) is 0.788. The van der Waals surface area contributed by atoms with Crippen LogP contribution in [0.4, 0.5) is 11.5 Å². The first-order valence-corrected chi connectivity index (χ1v) is 14.4. The number of methoxy groups -OCH3 is 1. The summed E-state index contributed by atoms with van der Waals surface area (Å²) < 4.78 is 16.8. The number of hydrogen-bond acceptors (Lipinski definition) is 11. The Bertz CT molecular complexity index is 1530.